The van der Waals surface area contributed by atoms with Crippen molar-refractivity contribution in [1.82, 2.24) is 24.8 Å². The van der Waals surface area contributed by atoms with Gasteiger partial charge in [-0.25, -0.2) is 15.0 Å². The first-order chi connectivity index (χ1) is 15.2. The maximum atomic E-state index is 6.41. The summed E-state index contributed by atoms with van der Waals surface area (Å²) in [6.45, 7) is 3.78. The number of hydrogen-bond donors (Lipinski definition) is 1. The predicted molar refractivity (Wildman–Crippen MR) is 121 cm³/mol. The fourth-order valence-electron chi connectivity index (χ4n) is 5.73. The zero-order valence-corrected chi connectivity index (χ0v) is 18.4. The van der Waals surface area contributed by atoms with Gasteiger partial charge in [0.05, 0.1) is 5.69 Å². The first-order valence-corrected chi connectivity index (χ1v) is 11.7. The van der Waals surface area contributed by atoms with Crippen molar-refractivity contribution in [2.75, 3.05) is 18.0 Å². The highest BCUT2D eigenvalue weighted by Crippen LogP contribution is 2.42. The van der Waals surface area contributed by atoms with Crippen LogP contribution in [0.25, 0.3) is 0 Å². The third-order valence-electron chi connectivity index (χ3n) is 7.16. The van der Waals surface area contributed by atoms with Gasteiger partial charge < -0.3 is 9.88 Å². The molecule has 1 aromatic carbocycles. The van der Waals surface area contributed by atoms with Crippen LogP contribution in [-0.4, -0.2) is 37.9 Å². The normalized spacial score (nSPS) is 23.2. The fourth-order valence-corrected chi connectivity index (χ4v) is 5.92. The molecule has 0 saturated carbocycles. The highest BCUT2D eigenvalue weighted by atomic mass is 35.5. The van der Waals surface area contributed by atoms with Crippen LogP contribution in [0.1, 0.15) is 53.5 Å². The van der Waals surface area contributed by atoms with E-state index in [4.69, 9.17) is 16.6 Å². The van der Waals surface area contributed by atoms with Gasteiger partial charge in [-0.3, -0.25) is 4.90 Å². The Bertz CT molecular complexity index is 1080. The zero-order valence-electron chi connectivity index (χ0n) is 17.6. The topological polar surface area (TPSA) is 60.9 Å². The molecule has 1 aliphatic carbocycles. The number of H-pyrrole nitrogens is 1. The first kappa shape index (κ1) is 19.3. The van der Waals surface area contributed by atoms with Gasteiger partial charge in [0.2, 0.25) is 5.28 Å². The summed E-state index contributed by atoms with van der Waals surface area (Å²) in [5.41, 5.74) is 5.34. The van der Waals surface area contributed by atoms with E-state index in [9.17, 15) is 0 Å². The summed E-state index contributed by atoms with van der Waals surface area (Å²) < 4.78 is 0. The number of rotatable bonds is 4. The monoisotopic (exact) mass is 434 g/mol. The minimum absolute atomic E-state index is 0.371. The summed E-state index contributed by atoms with van der Waals surface area (Å²) in [5.74, 6) is 2.69. The molecule has 1 unspecified atom stereocenters. The Hall–Kier alpha value is -2.44. The standard InChI is InChI=1S/C24H27ClN6/c25-24-28-20-15-31(21-8-7-17-5-1-2-6-18(17)21)14-19(20)23(29-24)30-11-3-4-16(13-30)12-22-26-9-10-27-22/h1-2,5-6,9-10,16,21H,3-4,7-8,11-15H2,(H,26,27)/t16-,21?/m0/s1. The molecule has 3 aliphatic rings. The molecule has 1 saturated heterocycles. The van der Waals surface area contributed by atoms with Crippen LogP contribution in [-0.2, 0) is 25.9 Å². The molecule has 1 fully saturated rings. The largest absolute Gasteiger partial charge is 0.356 e. The summed E-state index contributed by atoms with van der Waals surface area (Å²) in [6, 6.07) is 9.34. The van der Waals surface area contributed by atoms with Gasteiger partial charge in [-0.05, 0) is 54.3 Å². The van der Waals surface area contributed by atoms with Crippen LogP contribution in [0, 0.1) is 5.92 Å². The molecule has 0 spiro atoms. The maximum Gasteiger partial charge on any atom is 0.224 e. The Labute approximate surface area is 187 Å². The second kappa shape index (κ2) is 7.92. The van der Waals surface area contributed by atoms with Crippen molar-refractivity contribution in [1.29, 1.82) is 0 Å². The van der Waals surface area contributed by atoms with Gasteiger partial charge in [0, 0.05) is 56.6 Å². The highest BCUT2D eigenvalue weighted by molar-refractivity contribution is 6.28. The van der Waals surface area contributed by atoms with Gasteiger partial charge in [0.1, 0.15) is 11.6 Å². The van der Waals surface area contributed by atoms with Gasteiger partial charge in [0.25, 0.3) is 0 Å². The summed E-state index contributed by atoms with van der Waals surface area (Å²) in [5, 5.41) is 0.371. The lowest BCUT2D eigenvalue weighted by atomic mass is 9.94. The Morgan fingerprint density at radius 3 is 2.97 bits per heavy atom. The highest BCUT2D eigenvalue weighted by Gasteiger charge is 2.35. The van der Waals surface area contributed by atoms with E-state index >= 15 is 0 Å². The van der Waals surface area contributed by atoms with Crippen LogP contribution in [0.5, 0.6) is 0 Å². The molecular weight excluding hydrogens is 408 g/mol. The molecule has 1 N–H and O–H groups in total. The van der Waals surface area contributed by atoms with Gasteiger partial charge in [-0.15, -0.1) is 0 Å². The van der Waals surface area contributed by atoms with Crippen LogP contribution in [0.3, 0.4) is 0 Å². The van der Waals surface area contributed by atoms with Crippen LogP contribution >= 0.6 is 11.6 Å². The Kier molecular flexibility index (Phi) is 4.92. The quantitative estimate of drug-likeness (QED) is 0.620. The average Bonchev–Trinajstić information content (AvgIpc) is 3.52. The minimum atomic E-state index is 0.371. The Morgan fingerprint density at radius 2 is 2.06 bits per heavy atom. The number of aryl methyl sites for hydroxylation is 1. The van der Waals surface area contributed by atoms with Crippen LogP contribution in [0.4, 0.5) is 5.82 Å². The van der Waals surface area contributed by atoms with Crippen LogP contribution in [0.15, 0.2) is 36.7 Å². The number of fused-ring (bicyclic) bond motifs is 2. The molecule has 160 valence electrons. The third-order valence-corrected chi connectivity index (χ3v) is 7.32. The molecule has 0 bridgehead atoms. The molecule has 31 heavy (non-hydrogen) atoms. The maximum absolute atomic E-state index is 6.41. The number of piperidine rings is 1. The molecule has 2 atom stereocenters. The van der Waals surface area contributed by atoms with Crippen molar-refractivity contribution in [3.63, 3.8) is 0 Å². The van der Waals surface area contributed by atoms with Gasteiger partial charge in [-0.2, -0.15) is 0 Å². The second-order valence-electron chi connectivity index (χ2n) is 9.09. The lowest BCUT2D eigenvalue weighted by Crippen LogP contribution is -2.37. The summed E-state index contributed by atoms with van der Waals surface area (Å²) in [4.78, 5) is 22.1. The summed E-state index contributed by atoms with van der Waals surface area (Å²) in [6.07, 6.45) is 9.46. The molecule has 2 aliphatic heterocycles. The molecule has 7 heteroatoms. The molecule has 0 radical (unpaired) electrons. The molecule has 6 rings (SSSR count). The molecular formula is C24H27ClN6. The minimum Gasteiger partial charge on any atom is -0.356 e. The smallest absolute Gasteiger partial charge is 0.224 e. The third kappa shape index (κ3) is 3.62. The number of nitrogens with zero attached hydrogens (tertiary/aromatic N) is 5. The number of imidazole rings is 1. The molecule has 0 amide bonds. The van der Waals surface area contributed by atoms with Crippen molar-refractivity contribution < 1.29 is 0 Å². The first-order valence-electron chi connectivity index (χ1n) is 11.3. The number of nitrogens with one attached hydrogen (secondary N) is 1. The van der Waals surface area contributed by atoms with Crippen molar-refractivity contribution >= 4 is 17.4 Å². The number of halogens is 1. The van der Waals surface area contributed by atoms with E-state index in [1.54, 1.807) is 0 Å². The van der Waals surface area contributed by atoms with E-state index in [1.807, 2.05) is 12.4 Å². The van der Waals surface area contributed by atoms with Crippen LogP contribution < -0.4 is 4.90 Å². The van der Waals surface area contributed by atoms with Crippen LogP contribution in [0.2, 0.25) is 5.28 Å². The van der Waals surface area contributed by atoms with E-state index in [1.165, 1.54) is 36.0 Å². The summed E-state index contributed by atoms with van der Waals surface area (Å²) in [7, 11) is 0. The van der Waals surface area contributed by atoms with Crippen molar-refractivity contribution in [3.05, 3.63) is 70.2 Å². The zero-order chi connectivity index (χ0) is 20.8. The van der Waals surface area contributed by atoms with E-state index in [-0.39, 0.29) is 0 Å². The van der Waals surface area contributed by atoms with E-state index in [2.05, 4.69) is 49.0 Å². The predicted octanol–water partition coefficient (Wildman–Crippen LogP) is 4.32. The average molecular weight is 435 g/mol. The lowest BCUT2D eigenvalue weighted by molar-refractivity contribution is 0.199. The van der Waals surface area contributed by atoms with E-state index in [0.29, 0.717) is 17.2 Å². The van der Waals surface area contributed by atoms with Crippen molar-refractivity contribution in [2.45, 2.75) is 51.2 Å². The van der Waals surface area contributed by atoms with E-state index < -0.39 is 0 Å². The van der Waals surface area contributed by atoms with Gasteiger partial charge in [-0.1, -0.05) is 24.3 Å². The SMILES string of the molecule is Clc1nc2c(c(N3CCC[C@@H](Cc4ncc[nH]4)C3)n1)CN(C1CCc3ccccc31)C2. The molecule has 2 aromatic heterocycles. The number of benzene rings is 1. The fraction of sp³-hybridized carbons (Fsp3) is 0.458. The van der Waals surface area contributed by atoms with Gasteiger partial charge >= 0.3 is 0 Å². The van der Waals surface area contributed by atoms with Crippen molar-refractivity contribution in [3.8, 4) is 0 Å². The second-order valence-corrected chi connectivity index (χ2v) is 9.43. The molecule has 4 heterocycles. The Balaban J connectivity index is 1.25. The number of aromatic nitrogens is 4. The number of hydrogen-bond acceptors (Lipinski definition) is 5. The molecule has 6 nitrogen and oxygen atoms in total. The van der Waals surface area contributed by atoms with E-state index in [0.717, 1.165) is 56.4 Å². The number of aromatic amines is 1. The Morgan fingerprint density at radius 1 is 1.13 bits per heavy atom. The number of anilines is 1. The van der Waals surface area contributed by atoms with Gasteiger partial charge in [0.15, 0.2) is 0 Å². The summed E-state index contributed by atoms with van der Waals surface area (Å²) >= 11 is 6.41. The molecule has 3 aromatic rings. The lowest BCUT2D eigenvalue weighted by Gasteiger charge is -2.34. The van der Waals surface area contributed by atoms with Crippen molar-refractivity contribution in [2.24, 2.45) is 5.92 Å².